The monoisotopic (exact) mass is 305 g/mol. The lowest BCUT2D eigenvalue weighted by Gasteiger charge is -2.16. The number of methoxy groups -OCH3 is 1. The van der Waals surface area contributed by atoms with Gasteiger partial charge in [0.05, 0.1) is 13.2 Å². The molecule has 4 heteroatoms. The molecule has 21 heavy (non-hydrogen) atoms. The van der Waals surface area contributed by atoms with Crippen LogP contribution in [0, 0.1) is 0 Å². The molecule has 0 amide bonds. The van der Waals surface area contributed by atoms with Gasteiger partial charge in [-0.2, -0.15) is 0 Å². The summed E-state index contributed by atoms with van der Waals surface area (Å²) in [5.41, 5.74) is 1.19. The lowest BCUT2D eigenvalue weighted by molar-refractivity contribution is 0.230. The van der Waals surface area contributed by atoms with Crippen molar-refractivity contribution in [2.24, 2.45) is 0 Å². The average Bonchev–Trinajstić information content (AvgIpc) is 2.99. The molecule has 0 fully saturated rings. The van der Waals surface area contributed by atoms with Crippen LogP contribution in [0.1, 0.15) is 37.3 Å². The minimum Gasteiger partial charge on any atom is -0.493 e. The van der Waals surface area contributed by atoms with Gasteiger partial charge in [0.1, 0.15) is 0 Å². The number of ether oxygens (including phenoxy) is 2. The second-order valence-electron chi connectivity index (χ2n) is 5.27. The molecule has 1 atom stereocenters. The molecule has 0 radical (unpaired) electrons. The highest BCUT2D eigenvalue weighted by Crippen LogP contribution is 2.29. The summed E-state index contributed by atoms with van der Waals surface area (Å²) in [4.78, 5) is 1.35. The Labute approximate surface area is 130 Å². The minimum atomic E-state index is 0.140. The highest BCUT2D eigenvalue weighted by molar-refractivity contribution is 7.10. The molecule has 1 heterocycles. The van der Waals surface area contributed by atoms with Crippen LogP contribution in [-0.4, -0.2) is 13.2 Å². The van der Waals surface area contributed by atoms with E-state index in [1.165, 1.54) is 10.4 Å². The first kappa shape index (κ1) is 15.9. The Morgan fingerprint density at radius 3 is 2.57 bits per heavy atom. The van der Waals surface area contributed by atoms with Gasteiger partial charge < -0.3 is 14.8 Å². The summed E-state index contributed by atoms with van der Waals surface area (Å²) in [6, 6.07) is 10.7. The van der Waals surface area contributed by atoms with Gasteiger partial charge in [0.15, 0.2) is 11.5 Å². The molecule has 1 N–H and O–H groups in total. The maximum atomic E-state index is 5.73. The lowest BCUT2D eigenvalue weighted by atomic mass is 10.2. The van der Waals surface area contributed by atoms with E-state index in [1.807, 2.05) is 26.0 Å². The van der Waals surface area contributed by atoms with Crippen molar-refractivity contribution in [2.75, 3.05) is 7.11 Å². The Morgan fingerprint density at radius 2 is 1.95 bits per heavy atom. The zero-order valence-electron chi connectivity index (χ0n) is 13.1. The second kappa shape index (κ2) is 7.48. The molecule has 0 aliphatic rings. The quantitative estimate of drug-likeness (QED) is 0.822. The molecule has 114 valence electrons. The van der Waals surface area contributed by atoms with Crippen LogP contribution in [-0.2, 0) is 6.54 Å². The van der Waals surface area contributed by atoms with Crippen molar-refractivity contribution in [3.63, 3.8) is 0 Å². The predicted octanol–water partition coefficient (Wildman–Crippen LogP) is 4.39. The van der Waals surface area contributed by atoms with Crippen LogP contribution in [0.25, 0.3) is 0 Å². The highest BCUT2D eigenvalue weighted by Gasteiger charge is 2.09. The fraction of sp³-hybridized carbons (Fsp3) is 0.412. The molecular weight excluding hydrogens is 282 g/mol. The van der Waals surface area contributed by atoms with Gasteiger partial charge in [0.2, 0.25) is 0 Å². The molecule has 0 aliphatic carbocycles. The van der Waals surface area contributed by atoms with Gasteiger partial charge in [-0.1, -0.05) is 12.1 Å². The second-order valence-corrected chi connectivity index (χ2v) is 6.25. The van der Waals surface area contributed by atoms with Crippen LogP contribution in [0.15, 0.2) is 35.7 Å². The van der Waals surface area contributed by atoms with Crippen LogP contribution < -0.4 is 14.8 Å². The Morgan fingerprint density at radius 1 is 1.14 bits per heavy atom. The van der Waals surface area contributed by atoms with Crippen molar-refractivity contribution in [3.05, 3.63) is 46.2 Å². The van der Waals surface area contributed by atoms with Gasteiger partial charge in [-0.3, -0.25) is 0 Å². The molecule has 0 spiro atoms. The van der Waals surface area contributed by atoms with E-state index in [0.717, 1.165) is 18.0 Å². The third kappa shape index (κ3) is 4.48. The summed E-state index contributed by atoms with van der Waals surface area (Å²) in [7, 11) is 1.67. The number of hydrogen-bond acceptors (Lipinski definition) is 4. The number of rotatable bonds is 7. The Kier molecular flexibility index (Phi) is 5.65. The molecule has 3 nitrogen and oxygen atoms in total. The molecule has 1 aromatic heterocycles. The van der Waals surface area contributed by atoms with Gasteiger partial charge in [0.25, 0.3) is 0 Å². The maximum Gasteiger partial charge on any atom is 0.161 e. The fourth-order valence-corrected chi connectivity index (χ4v) is 2.84. The van der Waals surface area contributed by atoms with Gasteiger partial charge >= 0.3 is 0 Å². The molecule has 0 aliphatic heterocycles. The van der Waals surface area contributed by atoms with Gasteiger partial charge in [-0.15, -0.1) is 11.3 Å². The zero-order chi connectivity index (χ0) is 15.2. The topological polar surface area (TPSA) is 30.5 Å². The zero-order valence-corrected chi connectivity index (χ0v) is 13.9. The molecular formula is C17H23NO2S. The van der Waals surface area contributed by atoms with Gasteiger partial charge in [-0.05, 0) is 49.9 Å². The average molecular weight is 305 g/mol. The number of benzene rings is 1. The van der Waals surface area contributed by atoms with Crippen molar-refractivity contribution < 1.29 is 9.47 Å². The number of hydrogen-bond donors (Lipinski definition) is 1. The third-order valence-electron chi connectivity index (χ3n) is 3.17. The largest absolute Gasteiger partial charge is 0.493 e. The minimum absolute atomic E-state index is 0.140. The van der Waals surface area contributed by atoms with Crippen LogP contribution in [0.3, 0.4) is 0 Å². The van der Waals surface area contributed by atoms with E-state index in [1.54, 1.807) is 18.4 Å². The maximum absolute atomic E-state index is 5.73. The SMILES string of the molecule is COc1cc(CN[C@@H](C)c2cccs2)ccc1OC(C)C. The molecule has 0 unspecified atom stereocenters. The number of nitrogens with one attached hydrogen (secondary N) is 1. The summed E-state index contributed by atoms with van der Waals surface area (Å²) in [6.07, 6.45) is 0.140. The van der Waals surface area contributed by atoms with E-state index in [0.29, 0.717) is 6.04 Å². The Balaban J connectivity index is 2.00. The van der Waals surface area contributed by atoms with E-state index >= 15 is 0 Å². The van der Waals surface area contributed by atoms with Crippen molar-refractivity contribution in [1.82, 2.24) is 5.32 Å². The summed E-state index contributed by atoms with van der Waals surface area (Å²) < 4.78 is 11.1. The lowest BCUT2D eigenvalue weighted by Crippen LogP contribution is -2.17. The molecule has 1 aromatic carbocycles. The molecule has 0 bridgehead atoms. The predicted molar refractivity (Wildman–Crippen MR) is 88.3 cm³/mol. The molecule has 0 saturated heterocycles. The molecule has 0 saturated carbocycles. The summed E-state index contributed by atoms with van der Waals surface area (Å²) >= 11 is 1.78. The van der Waals surface area contributed by atoms with E-state index in [2.05, 4.69) is 35.8 Å². The Bertz CT molecular complexity index is 552. The van der Waals surface area contributed by atoms with Crippen molar-refractivity contribution in [3.8, 4) is 11.5 Å². The van der Waals surface area contributed by atoms with Crippen LogP contribution in [0.4, 0.5) is 0 Å². The smallest absolute Gasteiger partial charge is 0.161 e. The number of thiophene rings is 1. The van der Waals surface area contributed by atoms with Crippen LogP contribution in [0.2, 0.25) is 0 Å². The van der Waals surface area contributed by atoms with E-state index in [4.69, 9.17) is 9.47 Å². The standard InChI is InChI=1S/C17H23NO2S/c1-12(2)20-15-8-7-14(10-16(15)19-4)11-18-13(3)17-6-5-9-21-17/h5-10,12-13,18H,11H2,1-4H3/t13-/m0/s1. The summed E-state index contributed by atoms with van der Waals surface area (Å²) in [6.45, 7) is 7.01. The van der Waals surface area contributed by atoms with Gasteiger partial charge in [0, 0.05) is 17.5 Å². The van der Waals surface area contributed by atoms with Crippen molar-refractivity contribution >= 4 is 11.3 Å². The normalized spacial score (nSPS) is 12.4. The van der Waals surface area contributed by atoms with Crippen molar-refractivity contribution in [1.29, 1.82) is 0 Å². The van der Waals surface area contributed by atoms with Gasteiger partial charge in [-0.25, -0.2) is 0 Å². The van der Waals surface area contributed by atoms with Crippen molar-refractivity contribution in [2.45, 2.75) is 39.5 Å². The third-order valence-corrected chi connectivity index (χ3v) is 4.23. The molecule has 2 rings (SSSR count). The summed E-state index contributed by atoms with van der Waals surface area (Å²) in [5, 5.41) is 5.63. The first-order chi connectivity index (χ1) is 10.1. The first-order valence-electron chi connectivity index (χ1n) is 7.20. The van der Waals surface area contributed by atoms with Crippen LogP contribution in [0.5, 0.6) is 11.5 Å². The van der Waals surface area contributed by atoms with E-state index in [9.17, 15) is 0 Å². The Hall–Kier alpha value is -1.52. The van der Waals surface area contributed by atoms with E-state index in [-0.39, 0.29) is 6.10 Å². The first-order valence-corrected chi connectivity index (χ1v) is 8.08. The molecule has 2 aromatic rings. The summed E-state index contributed by atoms with van der Waals surface area (Å²) in [5.74, 6) is 1.58. The van der Waals surface area contributed by atoms with Crippen LogP contribution >= 0.6 is 11.3 Å². The highest BCUT2D eigenvalue weighted by atomic mass is 32.1. The fourth-order valence-electron chi connectivity index (χ4n) is 2.08. The van der Waals surface area contributed by atoms with E-state index < -0.39 is 0 Å².